The number of carbonyl (C=O) groups excluding carboxylic acids is 1. The minimum atomic E-state index is -0.971. The fraction of sp³-hybridized carbons (Fsp3) is 0.130. The Morgan fingerprint density at radius 2 is 1.63 bits per heavy atom. The van der Waals surface area contributed by atoms with Crippen molar-refractivity contribution in [2.75, 3.05) is 4.90 Å². The van der Waals surface area contributed by atoms with Gasteiger partial charge in [-0.25, -0.2) is 4.79 Å². The Morgan fingerprint density at radius 3 is 2.30 bits per heavy atom. The normalized spacial score (nSPS) is 15.7. The summed E-state index contributed by atoms with van der Waals surface area (Å²) in [6.07, 6.45) is 0.491. The molecule has 1 amide bonds. The van der Waals surface area contributed by atoms with Crippen LogP contribution in [0.2, 0.25) is 10.0 Å². The molecule has 152 valence electrons. The van der Waals surface area contributed by atoms with E-state index in [1.807, 2.05) is 24.3 Å². The molecule has 0 saturated carbocycles. The first kappa shape index (κ1) is 20.8. The van der Waals surface area contributed by atoms with Gasteiger partial charge in [-0.15, -0.1) is 11.8 Å². The van der Waals surface area contributed by atoms with Gasteiger partial charge in [0.05, 0.1) is 23.0 Å². The van der Waals surface area contributed by atoms with Crippen LogP contribution in [0.5, 0.6) is 0 Å². The molecule has 1 unspecified atom stereocenters. The Labute approximate surface area is 188 Å². The Bertz CT molecular complexity index is 1100. The summed E-state index contributed by atoms with van der Waals surface area (Å²) >= 11 is 14.2. The van der Waals surface area contributed by atoms with E-state index in [1.165, 1.54) is 11.8 Å². The van der Waals surface area contributed by atoms with Crippen molar-refractivity contribution in [1.29, 1.82) is 0 Å². The monoisotopic (exact) mass is 457 g/mol. The van der Waals surface area contributed by atoms with E-state index in [0.29, 0.717) is 22.0 Å². The number of hydrogen-bond acceptors (Lipinski definition) is 3. The topological polar surface area (TPSA) is 57.6 Å². The second-order valence-corrected chi connectivity index (χ2v) is 8.96. The molecule has 4 nitrogen and oxygen atoms in total. The van der Waals surface area contributed by atoms with Crippen LogP contribution in [0.3, 0.4) is 0 Å². The third-order valence-electron chi connectivity index (χ3n) is 4.97. The summed E-state index contributed by atoms with van der Waals surface area (Å²) in [7, 11) is 0. The van der Waals surface area contributed by atoms with Crippen molar-refractivity contribution < 1.29 is 14.7 Å². The van der Waals surface area contributed by atoms with Crippen LogP contribution in [0.25, 0.3) is 0 Å². The number of hydrogen-bond donors (Lipinski definition) is 1. The van der Waals surface area contributed by atoms with Gasteiger partial charge in [0, 0.05) is 20.5 Å². The summed E-state index contributed by atoms with van der Waals surface area (Å²) in [6, 6.07) is 19.7. The number of benzene rings is 3. The van der Waals surface area contributed by atoms with Crippen LogP contribution < -0.4 is 4.90 Å². The van der Waals surface area contributed by atoms with Gasteiger partial charge in [-0.2, -0.15) is 0 Å². The first-order chi connectivity index (χ1) is 14.4. The molecule has 4 rings (SSSR count). The fourth-order valence-corrected chi connectivity index (χ4v) is 5.19. The highest BCUT2D eigenvalue weighted by atomic mass is 35.5. The molecule has 7 heteroatoms. The number of carbonyl (C=O) groups is 2. The zero-order valence-corrected chi connectivity index (χ0v) is 18.0. The second kappa shape index (κ2) is 8.72. The quantitative estimate of drug-likeness (QED) is 0.514. The molecule has 0 spiro atoms. The summed E-state index contributed by atoms with van der Waals surface area (Å²) in [6.45, 7) is 0.281. The van der Waals surface area contributed by atoms with E-state index < -0.39 is 5.97 Å². The predicted octanol–water partition coefficient (Wildman–Crippen LogP) is 5.94. The third-order valence-corrected chi connectivity index (χ3v) is 6.93. The molecular formula is C23H17Cl2NO3S. The number of rotatable bonds is 5. The molecule has 1 aliphatic heterocycles. The average molecular weight is 458 g/mol. The van der Waals surface area contributed by atoms with Gasteiger partial charge in [0.15, 0.2) is 0 Å². The van der Waals surface area contributed by atoms with Crippen LogP contribution in [0, 0.1) is 0 Å². The maximum atomic E-state index is 13.4. The van der Waals surface area contributed by atoms with E-state index in [9.17, 15) is 9.59 Å². The molecule has 1 N–H and O–H groups in total. The molecule has 0 bridgehead atoms. The van der Waals surface area contributed by atoms with Gasteiger partial charge in [0.1, 0.15) is 0 Å². The van der Waals surface area contributed by atoms with Crippen LogP contribution in [0.15, 0.2) is 71.6 Å². The summed E-state index contributed by atoms with van der Waals surface area (Å²) in [5.74, 6) is -1.00. The first-order valence-electron chi connectivity index (χ1n) is 9.26. The highest BCUT2D eigenvalue weighted by molar-refractivity contribution is 8.01. The van der Waals surface area contributed by atoms with Crippen LogP contribution in [0.4, 0.5) is 5.69 Å². The maximum Gasteiger partial charge on any atom is 0.335 e. The Balaban J connectivity index is 1.65. The van der Waals surface area contributed by atoms with Crippen LogP contribution in [-0.2, 0) is 17.8 Å². The second-order valence-electron chi connectivity index (χ2n) is 6.91. The molecule has 0 aromatic heterocycles. The number of thioether (sulfide) groups is 1. The minimum Gasteiger partial charge on any atom is -0.478 e. The van der Waals surface area contributed by atoms with E-state index in [-0.39, 0.29) is 23.3 Å². The largest absolute Gasteiger partial charge is 0.478 e. The van der Waals surface area contributed by atoms with Crippen LogP contribution >= 0.6 is 35.0 Å². The average Bonchev–Trinajstić information content (AvgIpc) is 2.73. The lowest BCUT2D eigenvalue weighted by Gasteiger charge is -2.34. The Hall–Kier alpha value is -2.47. The lowest BCUT2D eigenvalue weighted by atomic mass is 10.1. The lowest BCUT2D eigenvalue weighted by molar-refractivity contribution is -0.118. The van der Waals surface area contributed by atoms with Crippen molar-refractivity contribution in [3.63, 3.8) is 0 Å². The number of para-hydroxylation sites is 1. The summed E-state index contributed by atoms with van der Waals surface area (Å²) in [4.78, 5) is 27.2. The summed E-state index contributed by atoms with van der Waals surface area (Å²) in [5, 5.41) is 9.79. The molecule has 30 heavy (non-hydrogen) atoms. The molecule has 3 aromatic rings. The molecule has 1 heterocycles. The van der Waals surface area contributed by atoms with E-state index in [2.05, 4.69) is 0 Å². The number of amides is 1. The van der Waals surface area contributed by atoms with Gasteiger partial charge in [-0.05, 0) is 48.4 Å². The van der Waals surface area contributed by atoms with Gasteiger partial charge >= 0.3 is 5.97 Å². The highest BCUT2D eigenvalue weighted by Crippen LogP contribution is 2.41. The molecular weight excluding hydrogens is 441 g/mol. The number of fused-ring (bicyclic) bond motifs is 1. The molecule has 3 aromatic carbocycles. The Morgan fingerprint density at radius 1 is 0.967 bits per heavy atom. The standard InChI is InChI=1S/C23H17Cl2NO3S/c24-17-4-3-5-18(25)16(17)13-26-19-6-1-2-7-20(19)30-21(22(26)27)12-14-8-10-15(11-9-14)23(28)29/h1-11,21H,12-13H2,(H,28,29). The van der Waals surface area contributed by atoms with E-state index >= 15 is 0 Å². The summed E-state index contributed by atoms with van der Waals surface area (Å²) in [5.41, 5.74) is 2.67. The number of anilines is 1. The van der Waals surface area contributed by atoms with E-state index in [0.717, 1.165) is 16.1 Å². The Kier molecular flexibility index (Phi) is 6.04. The predicted molar refractivity (Wildman–Crippen MR) is 121 cm³/mol. The van der Waals surface area contributed by atoms with Crippen molar-refractivity contribution in [1.82, 2.24) is 0 Å². The molecule has 0 fully saturated rings. The third kappa shape index (κ3) is 4.19. The van der Waals surface area contributed by atoms with Crippen LogP contribution in [0.1, 0.15) is 21.5 Å². The van der Waals surface area contributed by atoms with Crippen molar-refractivity contribution in [2.45, 2.75) is 23.1 Å². The summed E-state index contributed by atoms with van der Waals surface area (Å²) < 4.78 is 0. The molecule has 0 radical (unpaired) electrons. The van der Waals surface area contributed by atoms with Crippen molar-refractivity contribution in [3.05, 3.63) is 93.5 Å². The lowest BCUT2D eigenvalue weighted by Crippen LogP contribution is -2.41. The number of carboxylic acids is 1. The molecule has 1 atom stereocenters. The number of carboxylic acid groups (broad SMARTS) is 1. The van der Waals surface area contributed by atoms with Crippen molar-refractivity contribution in [3.8, 4) is 0 Å². The maximum absolute atomic E-state index is 13.4. The number of halogens is 2. The van der Waals surface area contributed by atoms with E-state index in [1.54, 1.807) is 47.4 Å². The zero-order valence-electron chi connectivity index (χ0n) is 15.7. The molecule has 0 aliphatic carbocycles. The SMILES string of the molecule is O=C(O)c1ccc(CC2Sc3ccccc3N(Cc3c(Cl)cccc3Cl)C2=O)cc1. The highest BCUT2D eigenvalue weighted by Gasteiger charge is 2.34. The molecule has 0 saturated heterocycles. The number of aromatic carboxylic acids is 1. The van der Waals surface area contributed by atoms with Gasteiger partial charge in [0.2, 0.25) is 5.91 Å². The zero-order chi connectivity index (χ0) is 21.3. The van der Waals surface area contributed by atoms with Gasteiger partial charge < -0.3 is 10.0 Å². The smallest absolute Gasteiger partial charge is 0.335 e. The fourth-order valence-electron chi connectivity index (χ4n) is 3.41. The first-order valence-corrected chi connectivity index (χ1v) is 10.9. The molecule has 1 aliphatic rings. The van der Waals surface area contributed by atoms with Gasteiger partial charge in [0.25, 0.3) is 0 Å². The van der Waals surface area contributed by atoms with E-state index in [4.69, 9.17) is 28.3 Å². The van der Waals surface area contributed by atoms with Gasteiger partial charge in [-0.1, -0.05) is 53.5 Å². The van der Waals surface area contributed by atoms with Crippen molar-refractivity contribution in [2.24, 2.45) is 0 Å². The number of nitrogens with zero attached hydrogens (tertiary/aromatic N) is 1. The van der Waals surface area contributed by atoms with Gasteiger partial charge in [-0.3, -0.25) is 4.79 Å². The van der Waals surface area contributed by atoms with Crippen molar-refractivity contribution >= 4 is 52.5 Å². The minimum absolute atomic E-state index is 0.0306. The van der Waals surface area contributed by atoms with Crippen LogP contribution in [-0.4, -0.2) is 22.2 Å².